The van der Waals surface area contributed by atoms with Crippen LogP contribution in [0.25, 0.3) is 0 Å². The molecule has 1 amide bonds. The zero-order valence-corrected chi connectivity index (χ0v) is 9.88. The minimum absolute atomic E-state index is 0.314. The van der Waals surface area contributed by atoms with Gasteiger partial charge in [0, 0.05) is 29.1 Å². The highest BCUT2D eigenvalue weighted by Crippen LogP contribution is 2.22. The van der Waals surface area contributed by atoms with Crippen molar-refractivity contribution in [3.8, 4) is 11.6 Å². The number of nitrogens with two attached hydrogens (primary N) is 2. The van der Waals surface area contributed by atoms with Crippen LogP contribution in [0.3, 0.4) is 0 Å². The Balaban J connectivity index is 2.31. The molecule has 5 heteroatoms. The number of nitrogens with zero attached hydrogens (tertiary/aromatic N) is 1. The van der Waals surface area contributed by atoms with E-state index in [1.54, 1.807) is 37.3 Å². The smallest absolute Gasteiger partial charge is 0.248 e. The summed E-state index contributed by atoms with van der Waals surface area (Å²) in [4.78, 5) is 15.3. The van der Waals surface area contributed by atoms with E-state index in [0.717, 1.165) is 0 Å². The van der Waals surface area contributed by atoms with Gasteiger partial charge in [0.25, 0.3) is 0 Å². The molecule has 0 radical (unpaired) electrons. The maximum Gasteiger partial charge on any atom is 0.248 e. The fourth-order valence-corrected chi connectivity index (χ4v) is 1.53. The van der Waals surface area contributed by atoms with Crippen LogP contribution in [-0.2, 0) is 0 Å². The predicted octanol–water partition coefficient (Wildman–Crippen LogP) is 1.86. The molecule has 0 bridgehead atoms. The first-order valence-corrected chi connectivity index (χ1v) is 5.36. The van der Waals surface area contributed by atoms with Crippen LogP contribution < -0.4 is 16.2 Å². The summed E-state index contributed by atoms with van der Waals surface area (Å²) >= 11 is 0. The van der Waals surface area contributed by atoms with Gasteiger partial charge in [0.05, 0.1) is 0 Å². The molecule has 2 rings (SSSR count). The van der Waals surface area contributed by atoms with E-state index in [9.17, 15) is 4.79 Å². The number of hydrogen-bond acceptors (Lipinski definition) is 4. The average molecular weight is 243 g/mol. The second-order valence-corrected chi connectivity index (χ2v) is 3.87. The summed E-state index contributed by atoms with van der Waals surface area (Å²) in [5, 5.41) is 0. The Morgan fingerprint density at radius 2 is 2.06 bits per heavy atom. The summed E-state index contributed by atoms with van der Waals surface area (Å²) in [6, 6.07) is 10.1. The summed E-state index contributed by atoms with van der Waals surface area (Å²) < 4.78 is 5.53. The SMILES string of the molecule is Cc1cc(C(N)=O)cc(Oc2cccc(N)c2)n1. The minimum Gasteiger partial charge on any atom is -0.439 e. The van der Waals surface area contributed by atoms with Crippen molar-refractivity contribution >= 4 is 11.6 Å². The average Bonchev–Trinajstić information content (AvgIpc) is 2.28. The molecule has 0 saturated carbocycles. The van der Waals surface area contributed by atoms with Crippen LogP contribution in [0.4, 0.5) is 5.69 Å². The lowest BCUT2D eigenvalue weighted by atomic mass is 10.2. The van der Waals surface area contributed by atoms with E-state index in [1.807, 2.05) is 0 Å². The van der Waals surface area contributed by atoms with E-state index < -0.39 is 5.91 Å². The number of ether oxygens (including phenoxy) is 1. The molecular weight excluding hydrogens is 230 g/mol. The number of amides is 1. The molecule has 0 saturated heterocycles. The van der Waals surface area contributed by atoms with Gasteiger partial charge in [-0.05, 0) is 25.1 Å². The standard InChI is InChI=1S/C13H13N3O2/c1-8-5-9(13(15)17)6-12(16-8)18-11-4-2-3-10(14)7-11/h2-7H,14H2,1H3,(H2,15,17). The third-order valence-corrected chi connectivity index (χ3v) is 2.29. The van der Waals surface area contributed by atoms with Gasteiger partial charge in [-0.15, -0.1) is 0 Å². The van der Waals surface area contributed by atoms with Gasteiger partial charge in [-0.3, -0.25) is 4.79 Å². The maximum absolute atomic E-state index is 11.1. The number of carbonyl (C=O) groups is 1. The number of benzene rings is 1. The summed E-state index contributed by atoms with van der Waals surface area (Å²) in [7, 11) is 0. The molecule has 0 unspecified atom stereocenters. The van der Waals surface area contributed by atoms with Crippen molar-refractivity contribution in [2.75, 3.05) is 5.73 Å². The van der Waals surface area contributed by atoms with Crippen LogP contribution in [0.2, 0.25) is 0 Å². The zero-order valence-electron chi connectivity index (χ0n) is 9.88. The maximum atomic E-state index is 11.1. The quantitative estimate of drug-likeness (QED) is 0.805. The van der Waals surface area contributed by atoms with Gasteiger partial charge in [-0.1, -0.05) is 6.07 Å². The molecule has 1 aromatic carbocycles. The first kappa shape index (κ1) is 11.9. The monoisotopic (exact) mass is 243 g/mol. The summed E-state index contributed by atoms with van der Waals surface area (Å²) in [6.45, 7) is 1.76. The van der Waals surface area contributed by atoms with Crippen LogP contribution >= 0.6 is 0 Å². The van der Waals surface area contributed by atoms with Crippen LogP contribution in [0.5, 0.6) is 11.6 Å². The Kier molecular flexibility index (Phi) is 3.14. The van der Waals surface area contributed by atoms with Crippen molar-refractivity contribution in [1.82, 2.24) is 4.98 Å². The van der Waals surface area contributed by atoms with Crippen LogP contribution in [0.15, 0.2) is 36.4 Å². The van der Waals surface area contributed by atoms with E-state index in [1.165, 1.54) is 6.07 Å². The fourth-order valence-electron chi connectivity index (χ4n) is 1.53. The third kappa shape index (κ3) is 2.76. The number of carbonyl (C=O) groups excluding carboxylic acids is 1. The zero-order chi connectivity index (χ0) is 13.1. The van der Waals surface area contributed by atoms with Gasteiger partial charge in [0.15, 0.2) is 0 Å². The van der Waals surface area contributed by atoms with E-state index in [0.29, 0.717) is 28.6 Å². The van der Waals surface area contributed by atoms with Crippen molar-refractivity contribution in [2.24, 2.45) is 5.73 Å². The Bertz CT molecular complexity index is 597. The van der Waals surface area contributed by atoms with Gasteiger partial charge in [-0.2, -0.15) is 0 Å². The highest BCUT2D eigenvalue weighted by atomic mass is 16.5. The topological polar surface area (TPSA) is 91.2 Å². The Morgan fingerprint density at radius 1 is 1.28 bits per heavy atom. The molecular formula is C13H13N3O2. The molecule has 0 atom stereocenters. The van der Waals surface area contributed by atoms with Crippen molar-refractivity contribution in [3.63, 3.8) is 0 Å². The number of hydrogen-bond donors (Lipinski definition) is 2. The third-order valence-electron chi connectivity index (χ3n) is 2.29. The molecule has 2 aromatic rings. The molecule has 0 fully saturated rings. The Morgan fingerprint density at radius 3 is 2.72 bits per heavy atom. The van der Waals surface area contributed by atoms with Gasteiger partial charge < -0.3 is 16.2 Å². The first-order chi connectivity index (χ1) is 8.54. The van der Waals surface area contributed by atoms with Gasteiger partial charge in [-0.25, -0.2) is 4.98 Å². The number of nitrogen functional groups attached to an aromatic ring is 1. The molecule has 0 spiro atoms. The molecule has 92 valence electrons. The van der Waals surface area contributed by atoms with Gasteiger partial charge >= 0.3 is 0 Å². The summed E-state index contributed by atoms with van der Waals surface area (Å²) in [5.41, 5.74) is 12.5. The van der Waals surface area contributed by atoms with Gasteiger partial charge in [0.1, 0.15) is 5.75 Å². The Hall–Kier alpha value is -2.56. The number of aromatic nitrogens is 1. The Labute approximate surface area is 104 Å². The van der Waals surface area contributed by atoms with E-state index >= 15 is 0 Å². The fraction of sp³-hybridized carbons (Fsp3) is 0.0769. The van der Waals surface area contributed by atoms with E-state index in [2.05, 4.69) is 4.98 Å². The molecule has 4 N–H and O–H groups in total. The second kappa shape index (κ2) is 4.75. The van der Waals surface area contributed by atoms with Gasteiger partial charge in [0.2, 0.25) is 11.8 Å². The molecule has 1 aromatic heterocycles. The van der Waals surface area contributed by atoms with Crippen LogP contribution in [0.1, 0.15) is 16.1 Å². The minimum atomic E-state index is -0.516. The van der Waals surface area contributed by atoms with Crippen molar-refractivity contribution in [2.45, 2.75) is 6.92 Å². The summed E-state index contributed by atoms with van der Waals surface area (Å²) in [6.07, 6.45) is 0. The molecule has 5 nitrogen and oxygen atoms in total. The highest BCUT2D eigenvalue weighted by molar-refractivity contribution is 5.93. The van der Waals surface area contributed by atoms with E-state index in [4.69, 9.17) is 16.2 Å². The lowest BCUT2D eigenvalue weighted by Gasteiger charge is -2.07. The predicted molar refractivity (Wildman–Crippen MR) is 68.4 cm³/mol. The summed E-state index contributed by atoms with van der Waals surface area (Å²) in [5.74, 6) is 0.357. The number of primary amides is 1. The molecule has 18 heavy (non-hydrogen) atoms. The first-order valence-electron chi connectivity index (χ1n) is 5.36. The van der Waals surface area contributed by atoms with Crippen molar-refractivity contribution in [3.05, 3.63) is 47.7 Å². The normalized spacial score (nSPS) is 10.1. The van der Waals surface area contributed by atoms with Crippen molar-refractivity contribution in [1.29, 1.82) is 0 Å². The number of aryl methyl sites for hydroxylation is 1. The van der Waals surface area contributed by atoms with Crippen LogP contribution in [0, 0.1) is 6.92 Å². The molecule has 0 aliphatic carbocycles. The molecule has 0 aliphatic rings. The largest absolute Gasteiger partial charge is 0.439 e. The van der Waals surface area contributed by atoms with Crippen LogP contribution in [-0.4, -0.2) is 10.9 Å². The molecule has 1 heterocycles. The lowest BCUT2D eigenvalue weighted by molar-refractivity contribution is 0.0999. The number of anilines is 1. The number of pyridine rings is 1. The second-order valence-electron chi connectivity index (χ2n) is 3.87. The number of rotatable bonds is 3. The molecule has 0 aliphatic heterocycles. The van der Waals surface area contributed by atoms with E-state index in [-0.39, 0.29) is 0 Å². The highest BCUT2D eigenvalue weighted by Gasteiger charge is 2.06. The van der Waals surface area contributed by atoms with Crippen molar-refractivity contribution < 1.29 is 9.53 Å². The lowest BCUT2D eigenvalue weighted by Crippen LogP contribution is -2.11.